The lowest BCUT2D eigenvalue weighted by Crippen LogP contribution is -2.00. The fourth-order valence-corrected chi connectivity index (χ4v) is 2.21. The first-order valence-corrected chi connectivity index (χ1v) is 6.77. The Kier molecular flexibility index (Phi) is 4.76. The summed E-state index contributed by atoms with van der Waals surface area (Å²) in [5.74, 6) is 1.45. The average molecular weight is 313 g/mol. The van der Waals surface area contributed by atoms with Gasteiger partial charge in [-0.3, -0.25) is 0 Å². The van der Waals surface area contributed by atoms with Gasteiger partial charge in [0.25, 0.3) is 0 Å². The van der Waals surface area contributed by atoms with Crippen LogP contribution in [0.5, 0.6) is 17.2 Å². The monoisotopic (exact) mass is 312 g/mol. The Morgan fingerprint density at radius 2 is 1.60 bits per heavy atom. The van der Waals surface area contributed by atoms with Gasteiger partial charge < -0.3 is 14.6 Å². The summed E-state index contributed by atoms with van der Waals surface area (Å²) in [6.45, 7) is 1.64. The van der Waals surface area contributed by atoms with E-state index in [4.69, 9.17) is 32.7 Å². The fourth-order valence-electron chi connectivity index (χ4n) is 1.88. The number of methoxy groups -OCH3 is 1. The standard InChI is InChI=1S/C15H14Cl2O3/c1-9(18)14-11(19-2)6-4-7-12(14)20-13-8-3-5-10(16)15(13)17/h3-9,18H,1-2H3/t9-/m0/s1. The topological polar surface area (TPSA) is 38.7 Å². The molecule has 0 aliphatic carbocycles. The lowest BCUT2D eigenvalue weighted by Gasteiger charge is -2.17. The largest absolute Gasteiger partial charge is 0.496 e. The Balaban J connectivity index is 2.46. The summed E-state index contributed by atoms with van der Waals surface area (Å²) in [7, 11) is 1.54. The summed E-state index contributed by atoms with van der Waals surface area (Å²) in [5, 5.41) is 10.6. The molecular weight excluding hydrogens is 299 g/mol. The van der Waals surface area contributed by atoms with Gasteiger partial charge in [-0.1, -0.05) is 35.3 Å². The number of benzene rings is 2. The van der Waals surface area contributed by atoms with Crippen LogP contribution in [0.3, 0.4) is 0 Å². The third kappa shape index (κ3) is 3.01. The molecule has 2 aromatic carbocycles. The number of hydrogen-bond donors (Lipinski definition) is 1. The predicted octanol–water partition coefficient (Wildman–Crippen LogP) is 4.85. The Hall–Kier alpha value is -1.42. The molecule has 0 saturated heterocycles. The van der Waals surface area contributed by atoms with E-state index in [0.717, 1.165) is 0 Å². The minimum absolute atomic E-state index is 0.327. The number of aliphatic hydroxyl groups excluding tert-OH is 1. The molecule has 5 heteroatoms. The van der Waals surface area contributed by atoms with Crippen LogP contribution in [0.2, 0.25) is 10.0 Å². The molecule has 0 aromatic heterocycles. The maximum absolute atomic E-state index is 9.90. The molecule has 3 nitrogen and oxygen atoms in total. The van der Waals surface area contributed by atoms with Crippen molar-refractivity contribution in [2.75, 3.05) is 7.11 Å². The Labute approximate surface area is 127 Å². The van der Waals surface area contributed by atoms with Crippen molar-refractivity contribution in [3.63, 3.8) is 0 Å². The van der Waals surface area contributed by atoms with Crippen molar-refractivity contribution in [1.82, 2.24) is 0 Å². The van der Waals surface area contributed by atoms with E-state index < -0.39 is 6.10 Å². The second kappa shape index (κ2) is 6.35. The van der Waals surface area contributed by atoms with Crippen LogP contribution in [0.25, 0.3) is 0 Å². The molecule has 2 rings (SSSR count). The van der Waals surface area contributed by atoms with Gasteiger partial charge in [-0.05, 0) is 31.2 Å². The normalized spacial score (nSPS) is 12.1. The molecule has 0 saturated carbocycles. The maximum atomic E-state index is 9.90. The van der Waals surface area contributed by atoms with Crippen LogP contribution in [-0.4, -0.2) is 12.2 Å². The molecule has 0 amide bonds. The second-order valence-corrected chi connectivity index (χ2v) is 4.99. The van der Waals surface area contributed by atoms with Crippen molar-refractivity contribution < 1.29 is 14.6 Å². The molecule has 0 heterocycles. The second-order valence-electron chi connectivity index (χ2n) is 4.20. The molecule has 0 radical (unpaired) electrons. The van der Waals surface area contributed by atoms with Gasteiger partial charge in [0.15, 0.2) is 0 Å². The van der Waals surface area contributed by atoms with Gasteiger partial charge in [-0.15, -0.1) is 0 Å². The average Bonchev–Trinajstić information content (AvgIpc) is 2.43. The van der Waals surface area contributed by atoms with Crippen LogP contribution < -0.4 is 9.47 Å². The Morgan fingerprint density at radius 3 is 2.25 bits per heavy atom. The third-order valence-corrected chi connectivity index (χ3v) is 3.60. The first-order valence-electron chi connectivity index (χ1n) is 6.01. The summed E-state index contributed by atoms with van der Waals surface area (Å²) in [4.78, 5) is 0. The van der Waals surface area contributed by atoms with Crippen molar-refractivity contribution in [2.24, 2.45) is 0 Å². The highest BCUT2D eigenvalue weighted by molar-refractivity contribution is 6.42. The number of hydrogen-bond acceptors (Lipinski definition) is 3. The molecular formula is C15H14Cl2O3. The van der Waals surface area contributed by atoms with E-state index >= 15 is 0 Å². The van der Waals surface area contributed by atoms with Gasteiger partial charge >= 0.3 is 0 Å². The molecule has 106 valence electrons. The van der Waals surface area contributed by atoms with Crippen LogP contribution in [-0.2, 0) is 0 Å². The first-order chi connectivity index (χ1) is 9.54. The van der Waals surface area contributed by atoms with Crippen LogP contribution >= 0.6 is 23.2 Å². The summed E-state index contributed by atoms with van der Waals surface area (Å²) in [6, 6.07) is 10.4. The van der Waals surface area contributed by atoms with Crippen molar-refractivity contribution in [3.05, 3.63) is 52.0 Å². The molecule has 0 spiro atoms. The minimum Gasteiger partial charge on any atom is -0.496 e. The highest BCUT2D eigenvalue weighted by atomic mass is 35.5. The molecule has 0 bridgehead atoms. The van der Waals surface area contributed by atoms with Crippen molar-refractivity contribution in [3.8, 4) is 17.2 Å². The van der Waals surface area contributed by atoms with E-state index in [0.29, 0.717) is 32.9 Å². The highest BCUT2D eigenvalue weighted by Crippen LogP contribution is 2.40. The zero-order valence-electron chi connectivity index (χ0n) is 11.1. The van der Waals surface area contributed by atoms with Crippen LogP contribution in [0, 0.1) is 0 Å². The SMILES string of the molecule is COc1cccc(Oc2cccc(Cl)c2Cl)c1[C@H](C)O. The Bertz CT molecular complexity index is 612. The predicted molar refractivity (Wildman–Crippen MR) is 80.2 cm³/mol. The van der Waals surface area contributed by atoms with E-state index in [1.807, 2.05) is 0 Å². The molecule has 0 fully saturated rings. The van der Waals surface area contributed by atoms with E-state index in [9.17, 15) is 5.11 Å². The molecule has 0 aliphatic rings. The van der Waals surface area contributed by atoms with E-state index in [-0.39, 0.29) is 0 Å². The van der Waals surface area contributed by atoms with E-state index in [2.05, 4.69) is 0 Å². The van der Waals surface area contributed by atoms with Gasteiger partial charge in [0.05, 0.1) is 23.8 Å². The summed E-state index contributed by atoms with van der Waals surface area (Å²) >= 11 is 12.1. The lowest BCUT2D eigenvalue weighted by molar-refractivity contribution is 0.190. The lowest BCUT2D eigenvalue weighted by atomic mass is 10.1. The minimum atomic E-state index is -0.737. The highest BCUT2D eigenvalue weighted by Gasteiger charge is 2.17. The van der Waals surface area contributed by atoms with Gasteiger partial charge in [-0.2, -0.15) is 0 Å². The van der Waals surface area contributed by atoms with Gasteiger partial charge in [-0.25, -0.2) is 0 Å². The van der Waals surface area contributed by atoms with E-state index in [1.54, 1.807) is 43.3 Å². The fraction of sp³-hybridized carbons (Fsp3) is 0.200. The molecule has 20 heavy (non-hydrogen) atoms. The molecule has 0 unspecified atom stereocenters. The smallest absolute Gasteiger partial charge is 0.147 e. The third-order valence-electron chi connectivity index (χ3n) is 2.80. The zero-order chi connectivity index (χ0) is 14.7. The molecule has 0 aliphatic heterocycles. The summed E-state index contributed by atoms with van der Waals surface area (Å²) in [5.41, 5.74) is 0.561. The van der Waals surface area contributed by atoms with Crippen molar-refractivity contribution in [1.29, 1.82) is 0 Å². The molecule has 1 N–H and O–H groups in total. The zero-order valence-corrected chi connectivity index (χ0v) is 12.6. The van der Waals surface area contributed by atoms with Crippen LogP contribution in [0.4, 0.5) is 0 Å². The van der Waals surface area contributed by atoms with Gasteiger partial charge in [0.2, 0.25) is 0 Å². The Morgan fingerprint density at radius 1 is 1.00 bits per heavy atom. The summed E-state index contributed by atoms with van der Waals surface area (Å²) in [6.07, 6.45) is -0.737. The van der Waals surface area contributed by atoms with Crippen molar-refractivity contribution >= 4 is 23.2 Å². The quantitative estimate of drug-likeness (QED) is 0.877. The van der Waals surface area contributed by atoms with Gasteiger partial charge in [0.1, 0.15) is 22.3 Å². The van der Waals surface area contributed by atoms with Gasteiger partial charge in [0, 0.05) is 0 Å². The number of aliphatic hydroxyl groups is 1. The van der Waals surface area contributed by atoms with Crippen LogP contribution in [0.1, 0.15) is 18.6 Å². The number of halogens is 2. The van der Waals surface area contributed by atoms with E-state index in [1.165, 1.54) is 7.11 Å². The van der Waals surface area contributed by atoms with Crippen molar-refractivity contribution in [2.45, 2.75) is 13.0 Å². The number of ether oxygens (including phenoxy) is 2. The van der Waals surface area contributed by atoms with Crippen LogP contribution in [0.15, 0.2) is 36.4 Å². The summed E-state index contributed by atoms with van der Waals surface area (Å²) < 4.78 is 11.0. The first kappa shape index (κ1) is 15.0. The molecule has 2 aromatic rings. The maximum Gasteiger partial charge on any atom is 0.147 e. The number of rotatable bonds is 4. The molecule has 1 atom stereocenters.